The van der Waals surface area contributed by atoms with Gasteiger partial charge in [0.25, 0.3) is 0 Å². The summed E-state index contributed by atoms with van der Waals surface area (Å²) < 4.78 is 5.35. The van der Waals surface area contributed by atoms with Gasteiger partial charge in [-0.05, 0) is 40.0 Å². The summed E-state index contributed by atoms with van der Waals surface area (Å²) in [7, 11) is 0. The van der Waals surface area contributed by atoms with Gasteiger partial charge in [0.2, 0.25) is 0 Å². The summed E-state index contributed by atoms with van der Waals surface area (Å²) in [6.45, 7) is 7.18. The van der Waals surface area contributed by atoms with Crippen molar-refractivity contribution in [2.75, 3.05) is 13.1 Å². The molecule has 4 nitrogen and oxygen atoms in total. The van der Waals surface area contributed by atoms with Crippen molar-refractivity contribution in [3.8, 4) is 0 Å². The molecule has 1 aliphatic rings. The minimum atomic E-state index is -0.415. The summed E-state index contributed by atoms with van der Waals surface area (Å²) in [6.07, 6.45) is 3.86. The van der Waals surface area contributed by atoms with Crippen molar-refractivity contribution >= 4 is 6.09 Å². The van der Waals surface area contributed by atoms with Gasteiger partial charge in [-0.1, -0.05) is 6.42 Å². The lowest BCUT2D eigenvalue weighted by Crippen LogP contribution is -2.41. The average molecular weight is 228 g/mol. The molecule has 0 unspecified atom stereocenters. The van der Waals surface area contributed by atoms with Gasteiger partial charge in [0, 0.05) is 19.1 Å². The standard InChI is InChI=1S/C12H24N2O2/c1-12(2,3)16-11(15)14-8-5-4-6-10(13)7-9-14/h10H,4-9,13H2,1-3H3/t10-/m0/s1. The van der Waals surface area contributed by atoms with Crippen molar-refractivity contribution < 1.29 is 9.53 Å². The Balaban J connectivity index is 2.47. The van der Waals surface area contributed by atoms with E-state index in [9.17, 15) is 4.79 Å². The van der Waals surface area contributed by atoms with Crippen LogP contribution in [0.4, 0.5) is 4.79 Å². The Labute approximate surface area is 98.1 Å². The molecule has 16 heavy (non-hydrogen) atoms. The Kier molecular flexibility index (Phi) is 4.59. The van der Waals surface area contributed by atoms with Gasteiger partial charge >= 0.3 is 6.09 Å². The van der Waals surface area contributed by atoms with Crippen molar-refractivity contribution in [1.29, 1.82) is 0 Å². The van der Waals surface area contributed by atoms with Crippen LogP contribution in [0.3, 0.4) is 0 Å². The van der Waals surface area contributed by atoms with Gasteiger partial charge in [-0.25, -0.2) is 4.79 Å². The number of rotatable bonds is 0. The lowest BCUT2D eigenvalue weighted by atomic mass is 10.0. The van der Waals surface area contributed by atoms with Crippen LogP contribution in [-0.4, -0.2) is 35.7 Å². The van der Waals surface area contributed by atoms with Crippen LogP contribution < -0.4 is 5.73 Å². The number of carbonyl (C=O) groups is 1. The Morgan fingerprint density at radius 3 is 2.56 bits per heavy atom. The first-order valence-corrected chi connectivity index (χ1v) is 6.12. The number of nitrogens with two attached hydrogens (primary N) is 1. The molecule has 0 spiro atoms. The summed E-state index contributed by atoms with van der Waals surface area (Å²) in [4.78, 5) is 13.6. The van der Waals surface area contributed by atoms with E-state index >= 15 is 0 Å². The zero-order chi connectivity index (χ0) is 12.2. The number of likely N-dealkylation sites (tertiary alicyclic amines) is 1. The van der Waals surface area contributed by atoms with Crippen LogP contribution in [0.25, 0.3) is 0 Å². The fourth-order valence-corrected chi connectivity index (χ4v) is 1.80. The molecule has 1 atom stereocenters. The minimum Gasteiger partial charge on any atom is -0.444 e. The minimum absolute atomic E-state index is 0.207. The predicted octanol–water partition coefficient (Wildman–Crippen LogP) is 2.12. The molecule has 1 amide bonds. The van der Waals surface area contributed by atoms with Crippen molar-refractivity contribution in [3.63, 3.8) is 0 Å². The molecule has 0 aromatic rings. The van der Waals surface area contributed by atoms with Gasteiger partial charge in [0.1, 0.15) is 5.60 Å². The van der Waals surface area contributed by atoms with E-state index < -0.39 is 5.60 Å². The maximum absolute atomic E-state index is 11.8. The molecule has 0 aliphatic carbocycles. The fraction of sp³-hybridized carbons (Fsp3) is 0.917. The van der Waals surface area contributed by atoms with E-state index in [1.807, 2.05) is 20.8 Å². The molecule has 1 heterocycles. The topological polar surface area (TPSA) is 55.6 Å². The van der Waals surface area contributed by atoms with Gasteiger partial charge in [0.15, 0.2) is 0 Å². The Morgan fingerprint density at radius 2 is 1.94 bits per heavy atom. The second-order valence-electron chi connectivity index (χ2n) is 5.51. The number of ether oxygens (including phenoxy) is 1. The van der Waals surface area contributed by atoms with Gasteiger partial charge in [0.05, 0.1) is 0 Å². The third-order valence-corrected chi connectivity index (χ3v) is 2.67. The smallest absolute Gasteiger partial charge is 0.410 e. The molecule has 1 saturated heterocycles. The van der Waals surface area contributed by atoms with E-state index in [1.54, 1.807) is 4.90 Å². The first kappa shape index (κ1) is 13.3. The van der Waals surface area contributed by atoms with E-state index in [-0.39, 0.29) is 12.1 Å². The maximum Gasteiger partial charge on any atom is 0.410 e. The SMILES string of the molecule is CC(C)(C)OC(=O)N1CCCC[C@H](N)CC1. The van der Waals surface area contributed by atoms with Crippen molar-refractivity contribution in [1.82, 2.24) is 4.90 Å². The molecule has 1 fully saturated rings. The van der Waals surface area contributed by atoms with E-state index in [2.05, 4.69) is 0 Å². The number of carbonyl (C=O) groups excluding carboxylic acids is 1. The lowest BCUT2D eigenvalue weighted by Gasteiger charge is -2.29. The number of amides is 1. The molecular weight excluding hydrogens is 204 g/mol. The van der Waals surface area contributed by atoms with E-state index in [0.29, 0.717) is 0 Å². The molecule has 0 saturated carbocycles. The van der Waals surface area contributed by atoms with Crippen LogP contribution in [0.1, 0.15) is 46.5 Å². The molecule has 0 aromatic heterocycles. The number of nitrogens with zero attached hydrogens (tertiary/aromatic N) is 1. The fourth-order valence-electron chi connectivity index (χ4n) is 1.80. The molecule has 1 aliphatic heterocycles. The Morgan fingerprint density at radius 1 is 1.25 bits per heavy atom. The highest BCUT2D eigenvalue weighted by atomic mass is 16.6. The van der Waals surface area contributed by atoms with Crippen LogP contribution >= 0.6 is 0 Å². The highest BCUT2D eigenvalue weighted by Gasteiger charge is 2.23. The first-order valence-electron chi connectivity index (χ1n) is 6.12. The van der Waals surface area contributed by atoms with Crippen molar-refractivity contribution in [2.24, 2.45) is 5.73 Å². The summed E-state index contributed by atoms with van der Waals surface area (Å²) in [6, 6.07) is 0.227. The second-order valence-corrected chi connectivity index (χ2v) is 5.51. The molecular formula is C12H24N2O2. The maximum atomic E-state index is 11.8. The molecule has 0 radical (unpaired) electrons. The third-order valence-electron chi connectivity index (χ3n) is 2.67. The Bertz CT molecular complexity index is 236. The Hall–Kier alpha value is -0.770. The molecule has 1 rings (SSSR count). The van der Waals surface area contributed by atoms with Gasteiger partial charge in [-0.15, -0.1) is 0 Å². The van der Waals surface area contributed by atoms with Crippen LogP contribution in [-0.2, 0) is 4.74 Å². The summed E-state index contributed by atoms with van der Waals surface area (Å²) in [5, 5.41) is 0. The first-order chi connectivity index (χ1) is 7.38. The average Bonchev–Trinajstić information content (AvgIpc) is 2.08. The second kappa shape index (κ2) is 5.53. The molecule has 0 bridgehead atoms. The van der Waals surface area contributed by atoms with Gasteiger partial charge < -0.3 is 15.4 Å². The predicted molar refractivity (Wildman–Crippen MR) is 64.3 cm³/mol. The zero-order valence-corrected chi connectivity index (χ0v) is 10.7. The summed E-state index contributed by atoms with van der Waals surface area (Å²) >= 11 is 0. The van der Waals surface area contributed by atoms with Crippen LogP contribution in [0, 0.1) is 0 Å². The largest absolute Gasteiger partial charge is 0.444 e. The van der Waals surface area contributed by atoms with E-state index in [4.69, 9.17) is 10.5 Å². The lowest BCUT2D eigenvalue weighted by molar-refractivity contribution is 0.0233. The van der Waals surface area contributed by atoms with Crippen LogP contribution in [0.15, 0.2) is 0 Å². The normalized spacial score (nSPS) is 23.5. The molecule has 94 valence electrons. The molecule has 2 N–H and O–H groups in total. The number of hydrogen-bond acceptors (Lipinski definition) is 3. The monoisotopic (exact) mass is 228 g/mol. The van der Waals surface area contributed by atoms with E-state index in [1.165, 1.54) is 0 Å². The zero-order valence-electron chi connectivity index (χ0n) is 10.7. The van der Waals surface area contributed by atoms with E-state index in [0.717, 1.165) is 38.8 Å². The van der Waals surface area contributed by atoms with Crippen LogP contribution in [0.2, 0.25) is 0 Å². The van der Waals surface area contributed by atoms with Crippen molar-refractivity contribution in [2.45, 2.75) is 58.1 Å². The third kappa shape index (κ3) is 4.84. The highest BCUT2D eigenvalue weighted by Crippen LogP contribution is 2.14. The van der Waals surface area contributed by atoms with Crippen molar-refractivity contribution in [3.05, 3.63) is 0 Å². The quantitative estimate of drug-likeness (QED) is 0.691. The van der Waals surface area contributed by atoms with Gasteiger partial charge in [-0.3, -0.25) is 0 Å². The molecule has 0 aromatic carbocycles. The highest BCUT2D eigenvalue weighted by molar-refractivity contribution is 5.68. The number of hydrogen-bond donors (Lipinski definition) is 1. The molecule has 4 heteroatoms. The van der Waals surface area contributed by atoms with Gasteiger partial charge in [-0.2, -0.15) is 0 Å². The summed E-state index contributed by atoms with van der Waals surface area (Å²) in [5.74, 6) is 0. The van der Waals surface area contributed by atoms with Crippen LogP contribution in [0.5, 0.6) is 0 Å². The summed E-state index contributed by atoms with van der Waals surface area (Å²) in [5.41, 5.74) is 5.50.